The van der Waals surface area contributed by atoms with E-state index in [9.17, 15) is 0 Å². The highest BCUT2D eigenvalue weighted by Crippen LogP contribution is 2.30. The molecule has 2 nitrogen and oxygen atoms in total. The van der Waals surface area contributed by atoms with Crippen LogP contribution in [0.25, 0.3) is 0 Å². The maximum atomic E-state index is 4.70. The summed E-state index contributed by atoms with van der Waals surface area (Å²) in [6.45, 7) is 8.23. The Morgan fingerprint density at radius 2 is 2.38 bits per heavy atom. The van der Waals surface area contributed by atoms with Gasteiger partial charge in [-0.15, -0.1) is 6.58 Å². The second-order valence-electron chi connectivity index (χ2n) is 4.60. The van der Waals surface area contributed by atoms with E-state index >= 15 is 0 Å². The van der Waals surface area contributed by atoms with Crippen molar-refractivity contribution in [3.8, 4) is 0 Å². The monoisotopic (exact) mass is 214 g/mol. The van der Waals surface area contributed by atoms with E-state index in [2.05, 4.69) is 31.5 Å². The van der Waals surface area contributed by atoms with Crippen molar-refractivity contribution < 1.29 is 0 Å². The summed E-state index contributed by atoms with van der Waals surface area (Å²) in [4.78, 5) is 9.04. The molecule has 1 aromatic heterocycles. The average molecular weight is 214 g/mol. The Hall–Kier alpha value is -1.44. The van der Waals surface area contributed by atoms with Gasteiger partial charge < -0.3 is 0 Å². The highest BCUT2D eigenvalue weighted by Gasteiger charge is 2.24. The van der Waals surface area contributed by atoms with Crippen LogP contribution in [0.4, 0.5) is 5.82 Å². The molecule has 0 spiro atoms. The van der Waals surface area contributed by atoms with Crippen LogP contribution in [0.3, 0.4) is 0 Å². The molecule has 1 aromatic rings. The molecule has 1 atom stereocenters. The number of rotatable bonds is 3. The molecule has 1 aliphatic heterocycles. The first-order valence-electron chi connectivity index (χ1n) is 5.85. The molecule has 0 N–H and O–H groups in total. The molecule has 2 heteroatoms. The quantitative estimate of drug-likeness (QED) is 0.706. The maximum absolute atomic E-state index is 4.70. The van der Waals surface area contributed by atoms with Gasteiger partial charge in [-0.05, 0) is 30.4 Å². The second-order valence-corrected chi connectivity index (χ2v) is 4.60. The molecule has 0 bridgehead atoms. The number of aromatic nitrogens is 1. The van der Waals surface area contributed by atoms with Crippen LogP contribution >= 0.6 is 0 Å². The molecule has 0 aliphatic carbocycles. The van der Waals surface area contributed by atoms with E-state index in [0.29, 0.717) is 11.8 Å². The number of aliphatic imine (C=N–C) groups is 1. The van der Waals surface area contributed by atoms with Crippen molar-refractivity contribution in [2.24, 2.45) is 16.8 Å². The highest BCUT2D eigenvalue weighted by molar-refractivity contribution is 5.92. The lowest BCUT2D eigenvalue weighted by Crippen LogP contribution is -2.24. The molecule has 84 valence electrons. The Labute approximate surface area is 97.1 Å². The molecular formula is C14H18N2. The van der Waals surface area contributed by atoms with E-state index < -0.39 is 0 Å². The zero-order valence-corrected chi connectivity index (χ0v) is 9.98. The van der Waals surface area contributed by atoms with Crippen molar-refractivity contribution in [1.29, 1.82) is 0 Å². The van der Waals surface area contributed by atoms with Gasteiger partial charge in [-0.1, -0.05) is 26.0 Å². The minimum absolute atomic E-state index is 0.486. The minimum atomic E-state index is 0.486. The Morgan fingerprint density at radius 3 is 3.06 bits per heavy atom. The molecule has 1 unspecified atom stereocenters. The van der Waals surface area contributed by atoms with Crippen molar-refractivity contribution >= 4 is 11.5 Å². The molecule has 0 radical (unpaired) electrons. The number of allylic oxidation sites excluding steroid dienone is 1. The Balaban J connectivity index is 2.38. The van der Waals surface area contributed by atoms with Gasteiger partial charge in [-0.3, -0.25) is 0 Å². The summed E-state index contributed by atoms with van der Waals surface area (Å²) in [7, 11) is 0. The lowest BCUT2D eigenvalue weighted by molar-refractivity contribution is 0.641. The van der Waals surface area contributed by atoms with Gasteiger partial charge in [-0.2, -0.15) is 0 Å². The first-order valence-corrected chi connectivity index (χ1v) is 5.85. The van der Waals surface area contributed by atoms with Crippen LogP contribution in [0.2, 0.25) is 0 Å². The molecule has 2 rings (SSSR count). The van der Waals surface area contributed by atoms with Crippen LogP contribution < -0.4 is 0 Å². The smallest absolute Gasteiger partial charge is 0.154 e. The molecule has 0 fully saturated rings. The van der Waals surface area contributed by atoms with Gasteiger partial charge in [0.05, 0.1) is 0 Å². The summed E-state index contributed by atoms with van der Waals surface area (Å²) < 4.78 is 0. The van der Waals surface area contributed by atoms with E-state index in [0.717, 1.165) is 18.7 Å². The fourth-order valence-electron chi connectivity index (χ4n) is 2.28. The van der Waals surface area contributed by atoms with Crippen molar-refractivity contribution in [1.82, 2.24) is 4.98 Å². The van der Waals surface area contributed by atoms with Gasteiger partial charge in [0.25, 0.3) is 0 Å². The summed E-state index contributed by atoms with van der Waals surface area (Å²) in [5.74, 6) is 1.90. The summed E-state index contributed by atoms with van der Waals surface area (Å²) in [5.41, 5.74) is 2.53. The van der Waals surface area contributed by atoms with Crippen molar-refractivity contribution in [2.45, 2.75) is 26.7 Å². The largest absolute Gasteiger partial charge is 0.237 e. The van der Waals surface area contributed by atoms with E-state index in [1.165, 1.54) is 11.3 Å². The van der Waals surface area contributed by atoms with Crippen molar-refractivity contribution in [3.63, 3.8) is 0 Å². The lowest BCUT2D eigenvalue weighted by atomic mass is 9.84. The predicted molar refractivity (Wildman–Crippen MR) is 68.2 cm³/mol. The third-order valence-electron chi connectivity index (χ3n) is 3.03. The zero-order valence-electron chi connectivity index (χ0n) is 9.98. The Morgan fingerprint density at radius 1 is 1.56 bits per heavy atom. The summed E-state index contributed by atoms with van der Waals surface area (Å²) >= 11 is 0. The minimum Gasteiger partial charge on any atom is -0.237 e. The van der Waals surface area contributed by atoms with Gasteiger partial charge in [0.2, 0.25) is 0 Å². The fourth-order valence-corrected chi connectivity index (χ4v) is 2.28. The summed E-state index contributed by atoms with van der Waals surface area (Å²) in [6, 6.07) is 4.11. The predicted octanol–water partition coefficient (Wildman–Crippen LogP) is 3.56. The van der Waals surface area contributed by atoms with Gasteiger partial charge in [0.15, 0.2) is 5.82 Å². The Bertz CT molecular complexity index is 418. The van der Waals surface area contributed by atoms with Crippen LogP contribution in [-0.4, -0.2) is 10.7 Å². The number of pyridine rings is 1. The van der Waals surface area contributed by atoms with Crippen LogP contribution in [0.1, 0.15) is 25.8 Å². The number of fused-ring (bicyclic) bond motifs is 1. The number of hydrogen-bond acceptors (Lipinski definition) is 2. The fraction of sp³-hybridized carbons (Fsp3) is 0.429. The maximum Gasteiger partial charge on any atom is 0.154 e. The van der Waals surface area contributed by atoms with E-state index in [4.69, 9.17) is 4.99 Å². The van der Waals surface area contributed by atoms with E-state index in [-0.39, 0.29) is 0 Å². The van der Waals surface area contributed by atoms with Gasteiger partial charge in [-0.25, -0.2) is 9.98 Å². The first kappa shape index (κ1) is 11.1. The average Bonchev–Trinajstić information content (AvgIpc) is 2.28. The number of hydrogen-bond donors (Lipinski definition) is 0. The molecule has 0 amide bonds. The summed E-state index contributed by atoms with van der Waals surface area (Å²) in [6.07, 6.45) is 5.86. The molecule has 1 aliphatic rings. The SMILES string of the molecule is C=CCC1Cc2cccnc2N=C1C(C)C. The van der Waals surface area contributed by atoms with E-state index in [1.54, 1.807) is 0 Å². The molecular weight excluding hydrogens is 196 g/mol. The highest BCUT2D eigenvalue weighted by atomic mass is 14.9. The van der Waals surface area contributed by atoms with Gasteiger partial charge in [0.1, 0.15) is 0 Å². The molecule has 0 saturated carbocycles. The third kappa shape index (κ3) is 2.06. The standard InChI is InChI=1S/C14H18N2/c1-4-6-11-9-12-7-5-8-15-14(12)16-13(11)10(2)3/h4-5,7-8,10-11H,1,6,9H2,2-3H3. The number of nitrogens with zero attached hydrogens (tertiary/aromatic N) is 2. The van der Waals surface area contributed by atoms with Crippen LogP contribution in [0, 0.1) is 11.8 Å². The van der Waals surface area contributed by atoms with Crippen LogP contribution in [0.5, 0.6) is 0 Å². The first-order chi connectivity index (χ1) is 7.72. The topological polar surface area (TPSA) is 25.2 Å². The van der Waals surface area contributed by atoms with Gasteiger partial charge >= 0.3 is 0 Å². The van der Waals surface area contributed by atoms with Crippen LogP contribution in [0.15, 0.2) is 36.0 Å². The van der Waals surface area contributed by atoms with E-state index in [1.807, 2.05) is 18.3 Å². The lowest BCUT2D eigenvalue weighted by Gasteiger charge is -2.25. The Kier molecular flexibility index (Phi) is 3.18. The zero-order chi connectivity index (χ0) is 11.5. The van der Waals surface area contributed by atoms with Gasteiger partial charge in [0, 0.05) is 17.8 Å². The second kappa shape index (κ2) is 4.60. The molecule has 16 heavy (non-hydrogen) atoms. The van der Waals surface area contributed by atoms with Crippen molar-refractivity contribution in [2.75, 3.05) is 0 Å². The van der Waals surface area contributed by atoms with Crippen molar-refractivity contribution in [3.05, 3.63) is 36.5 Å². The molecule has 2 heterocycles. The third-order valence-corrected chi connectivity index (χ3v) is 3.03. The normalized spacial score (nSPS) is 19.2. The summed E-state index contributed by atoms with van der Waals surface area (Å²) in [5, 5.41) is 0. The van der Waals surface area contributed by atoms with Crippen LogP contribution in [-0.2, 0) is 6.42 Å². The molecule has 0 saturated heterocycles. The molecule has 0 aromatic carbocycles.